The van der Waals surface area contributed by atoms with E-state index in [0.717, 1.165) is 0 Å². The summed E-state index contributed by atoms with van der Waals surface area (Å²) in [6.45, 7) is 0. The molecule has 0 aromatic heterocycles. The molecular weight excluding hydrogens is 354 g/mol. The zero-order chi connectivity index (χ0) is 19.8. The SMILES string of the molecule is COc1cccc(C(=O)NNC(=O)C(=O)Nc2cc(OC)ccc2OC)c1. The Hall–Kier alpha value is -3.75. The van der Waals surface area contributed by atoms with Crippen LogP contribution in [0.1, 0.15) is 10.4 Å². The Balaban J connectivity index is 1.97. The Morgan fingerprint density at radius 2 is 1.48 bits per heavy atom. The third-order valence-electron chi connectivity index (χ3n) is 3.48. The highest BCUT2D eigenvalue weighted by Crippen LogP contribution is 2.28. The molecule has 27 heavy (non-hydrogen) atoms. The second-order valence-corrected chi connectivity index (χ2v) is 5.16. The lowest BCUT2D eigenvalue weighted by atomic mass is 10.2. The lowest BCUT2D eigenvalue weighted by Gasteiger charge is -2.12. The summed E-state index contributed by atoms with van der Waals surface area (Å²) < 4.78 is 15.2. The van der Waals surface area contributed by atoms with Gasteiger partial charge in [-0.25, -0.2) is 0 Å². The molecule has 2 rings (SSSR count). The lowest BCUT2D eigenvalue weighted by Crippen LogP contribution is -2.46. The van der Waals surface area contributed by atoms with Crippen LogP contribution in [-0.4, -0.2) is 39.1 Å². The summed E-state index contributed by atoms with van der Waals surface area (Å²) in [5, 5.41) is 2.39. The van der Waals surface area contributed by atoms with Crippen LogP contribution in [0.15, 0.2) is 42.5 Å². The maximum Gasteiger partial charge on any atom is 0.328 e. The van der Waals surface area contributed by atoms with Gasteiger partial charge in [0.1, 0.15) is 17.2 Å². The van der Waals surface area contributed by atoms with Crippen LogP contribution in [0.2, 0.25) is 0 Å². The zero-order valence-electron chi connectivity index (χ0n) is 15.0. The van der Waals surface area contributed by atoms with Gasteiger partial charge < -0.3 is 19.5 Å². The topological polar surface area (TPSA) is 115 Å². The summed E-state index contributed by atoms with van der Waals surface area (Å²) >= 11 is 0. The molecule has 0 aliphatic carbocycles. The van der Waals surface area contributed by atoms with Gasteiger partial charge in [0, 0.05) is 11.6 Å². The molecule has 0 aliphatic heterocycles. The molecule has 0 saturated carbocycles. The van der Waals surface area contributed by atoms with Gasteiger partial charge in [0.2, 0.25) is 0 Å². The number of carbonyl (C=O) groups excluding carboxylic acids is 3. The van der Waals surface area contributed by atoms with Crippen LogP contribution in [0.3, 0.4) is 0 Å². The van der Waals surface area contributed by atoms with Crippen molar-refractivity contribution in [2.24, 2.45) is 0 Å². The van der Waals surface area contributed by atoms with Gasteiger partial charge in [-0.2, -0.15) is 0 Å². The molecule has 9 nitrogen and oxygen atoms in total. The molecule has 2 aromatic carbocycles. The van der Waals surface area contributed by atoms with E-state index in [4.69, 9.17) is 14.2 Å². The van der Waals surface area contributed by atoms with Crippen LogP contribution in [0, 0.1) is 0 Å². The minimum Gasteiger partial charge on any atom is -0.497 e. The lowest BCUT2D eigenvalue weighted by molar-refractivity contribution is -0.136. The molecule has 2 aromatic rings. The summed E-state index contributed by atoms with van der Waals surface area (Å²) in [5.74, 6) is -1.36. The summed E-state index contributed by atoms with van der Waals surface area (Å²) in [5.41, 5.74) is 4.70. The van der Waals surface area contributed by atoms with Gasteiger partial charge in [-0.1, -0.05) is 6.07 Å². The van der Waals surface area contributed by atoms with Gasteiger partial charge in [-0.05, 0) is 30.3 Å². The highest BCUT2D eigenvalue weighted by molar-refractivity contribution is 6.39. The van der Waals surface area contributed by atoms with E-state index in [9.17, 15) is 14.4 Å². The first-order chi connectivity index (χ1) is 13.0. The largest absolute Gasteiger partial charge is 0.497 e. The molecule has 9 heteroatoms. The fourth-order valence-corrected chi connectivity index (χ4v) is 2.10. The molecule has 0 saturated heterocycles. The molecule has 0 spiro atoms. The highest BCUT2D eigenvalue weighted by Gasteiger charge is 2.17. The molecule has 0 atom stereocenters. The van der Waals surface area contributed by atoms with Crippen LogP contribution < -0.4 is 30.4 Å². The van der Waals surface area contributed by atoms with Crippen molar-refractivity contribution in [3.63, 3.8) is 0 Å². The monoisotopic (exact) mass is 373 g/mol. The molecule has 3 N–H and O–H groups in total. The third kappa shape index (κ3) is 5.11. The van der Waals surface area contributed by atoms with Crippen molar-refractivity contribution in [3.05, 3.63) is 48.0 Å². The molecule has 0 fully saturated rings. The predicted molar refractivity (Wildman–Crippen MR) is 96.8 cm³/mol. The number of carbonyl (C=O) groups is 3. The summed E-state index contributed by atoms with van der Waals surface area (Å²) in [7, 11) is 4.36. The number of rotatable bonds is 5. The molecular formula is C18H19N3O6. The molecule has 0 unspecified atom stereocenters. The predicted octanol–water partition coefficient (Wildman–Crippen LogP) is 1.11. The van der Waals surface area contributed by atoms with Crippen LogP contribution in [0.25, 0.3) is 0 Å². The van der Waals surface area contributed by atoms with Crippen LogP contribution in [0.5, 0.6) is 17.2 Å². The highest BCUT2D eigenvalue weighted by atomic mass is 16.5. The van der Waals surface area contributed by atoms with Crippen LogP contribution in [-0.2, 0) is 9.59 Å². The average Bonchev–Trinajstić information content (AvgIpc) is 2.71. The molecule has 0 heterocycles. The molecule has 142 valence electrons. The van der Waals surface area contributed by atoms with Crippen molar-refractivity contribution >= 4 is 23.4 Å². The molecule has 0 aliphatic rings. The number of amides is 3. The minimum absolute atomic E-state index is 0.246. The Morgan fingerprint density at radius 1 is 0.778 bits per heavy atom. The van der Waals surface area contributed by atoms with Crippen molar-refractivity contribution in [3.8, 4) is 17.2 Å². The number of hydrogen-bond donors (Lipinski definition) is 3. The van der Waals surface area contributed by atoms with E-state index in [1.807, 2.05) is 5.43 Å². The fraction of sp³-hybridized carbons (Fsp3) is 0.167. The normalized spacial score (nSPS) is 9.74. The van der Waals surface area contributed by atoms with Gasteiger partial charge in [0.15, 0.2) is 0 Å². The zero-order valence-corrected chi connectivity index (χ0v) is 15.0. The fourth-order valence-electron chi connectivity index (χ4n) is 2.10. The van der Waals surface area contributed by atoms with Gasteiger partial charge >= 0.3 is 11.8 Å². The quantitative estimate of drug-likeness (QED) is 0.534. The van der Waals surface area contributed by atoms with E-state index in [0.29, 0.717) is 17.2 Å². The van der Waals surface area contributed by atoms with E-state index in [2.05, 4.69) is 10.7 Å². The van der Waals surface area contributed by atoms with Crippen molar-refractivity contribution in [1.29, 1.82) is 0 Å². The smallest absolute Gasteiger partial charge is 0.328 e. The maximum atomic E-state index is 12.0. The van der Waals surface area contributed by atoms with E-state index in [1.165, 1.54) is 39.5 Å². The van der Waals surface area contributed by atoms with Crippen molar-refractivity contribution in [2.45, 2.75) is 0 Å². The van der Waals surface area contributed by atoms with Gasteiger partial charge in [0.25, 0.3) is 5.91 Å². The van der Waals surface area contributed by atoms with E-state index < -0.39 is 17.7 Å². The minimum atomic E-state index is -1.06. The van der Waals surface area contributed by atoms with Crippen LogP contribution in [0.4, 0.5) is 5.69 Å². The van der Waals surface area contributed by atoms with Gasteiger partial charge in [-0.3, -0.25) is 25.2 Å². The number of methoxy groups -OCH3 is 3. The van der Waals surface area contributed by atoms with Crippen molar-refractivity contribution in [2.75, 3.05) is 26.6 Å². The first-order valence-electron chi connectivity index (χ1n) is 7.76. The van der Waals surface area contributed by atoms with Crippen molar-refractivity contribution in [1.82, 2.24) is 10.9 Å². The number of hydrogen-bond acceptors (Lipinski definition) is 6. The third-order valence-corrected chi connectivity index (χ3v) is 3.48. The number of hydrazine groups is 1. The van der Waals surface area contributed by atoms with E-state index in [1.54, 1.807) is 24.3 Å². The molecule has 3 amide bonds. The molecule has 0 radical (unpaired) electrons. The first-order valence-corrected chi connectivity index (χ1v) is 7.76. The standard InChI is InChI=1S/C18H19N3O6/c1-25-12-6-4-5-11(9-12)16(22)20-21-18(24)17(23)19-14-10-13(26-2)7-8-15(14)27-3/h4-10H,1-3H3,(H,19,23)(H,20,22)(H,21,24). The first kappa shape index (κ1) is 19.6. The second-order valence-electron chi connectivity index (χ2n) is 5.16. The average molecular weight is 373 g/mol. The molecule has 0 bridgehead atoms. The van der Waals surface area contributed by atoms with Crippen LogP contribution >= 0.6 is 0 Å². The number of nitrogens with one attached hydrogen (secondary N) is 3. The number of anilines is 1. The Bertz CT molecular complexity index is 853. The van der Waals surface area contributed by atoms with Gasteiger partial charge in [0.05, 0.1) is 27.0 Å². The summed E-state index contributed by atoms with van der Waals surface area (Å²) in [6, 6.07) is 11.0. The van der Waals surface area contributed by atoms with Gasteiger partial charge in [-0.15, -0.1) is 0 Å². The number of benzene rings is 2. The summed E-state index contributed by atoms with van der Waals surface area (Å²) in [4.78, 5) is 36.0. The number of ether oxygens (including phenoxy) is 3. The van der Waals surface area contributed by atoms with E-state index in [-0.39, 0.29) is 11.3 Å². The Kier molecular flexibility index (Phi) is 6.59. The summed E-state index contributed by atoms with van der Waals surface area (Å²) in [6.07, 6.45) is 0. The second kappa shape index (κ2) is 9.09. The Labute approximate surface area is 155 Å². The maximum absolute atomic E-state index is 12.0. The van der Waals surface area contributed by atoms with E-state index >= 15 is 0 Å². The Morgan fingerprint density at radius 3 is 2.15 bits per heavy atom. The van der Waals surface area contributed by atoms with Crippen molar-refractivity contribution < 1.29 is 28.6 Å².